The van der Waals surface area contributed by atoms with Gasteiger partial charge in [-0.15, -0.1) is 0 Å². The molecule has 0 radical (unpaired) electrons. The molecule has 1 aliphatic heterocycles. The zero-order chi connectivity index (χ0) is 17.1. The Bertz CT molecular complexity index is 771. The van der Waals surface area contributed by atoms with Gasteiger partial charge in [0.15, 0.2) is 6.61 Å². The van der Waals surface area contributed by atoms with E-state index in [-0.39, 0.29) is 28.1 Å². The van der Waals surface area contributed by atoms with E-state index in [0.717, 1.165) is 12.0 Å². The Morgan fingerprint density at radius 3 is 2.38 bits per heavy atom. The molecule has 0 fully saturated rings. The van der Waals surface area contributed by atoms with Gasteiger partial charge >= 0.3 is 5.97 Å². The van der Waals surface area contributed by atoms with Crippen molar-refractivity contribution in [3.63, 3.8) is 0 Å². The largest absolute Gasteiger partial charge is 0.452 e. The molecule has 2 aromatic rings. The van der Waals surface area contributed by atoms with E-state index in [0.29, 0.717) is 13.1 Å². The van der Waals surface area contributed by atoms with Crippen LogP contribution in [0.25, 0.3) is 0 Å². The third-order valence-electron chi connectivity index (χ3n) is 3.98. The molecule has 0 bridgehead atoms. The highest BCUT2D eigenvalue weighted by Crippen LogP contribution is 2.25. The Labute approximate surface area is 149 Å². The van der Waals surface area contributed by atoms with E-state index in [2.05, 4.69) is 6.07 Å². The van der Waals surface area contributed by atoms with Crippen molar-refractivity contribution in [3.8, 4) is 0 Å². The standard InChI is InChI=1S/C18H15Cl2NO3/c19-14-6-3-7-15(20)17(14)18(23)24-11-16(22)21-9-8-12-4-1-2-5-13(12)10-21/h1-7H,8-11H2. The van der Waals surface area contributed by atoms with Gasteiger partial charge in [-0.3, -0.25) is 4.79 Å². The molecule has 0 saturated heterocycles. The highest BCUT2D eigenvalue weighted by atomic mass is 35.5. The SMILES string of the molecule is O=C(OCC(=O)N1CCc2ccccc2C1)c1c(Cl)cccc1Cl. The van der Waals surface area contributed by atoms with E-state index in [9.17, 15) is 9.59 Å². The predicted octanol–water partition coefficient (Wildman–Crippen LogP) is 3.74. The minimum absolute atomic E-state index is 0.0811. The van der Waals surface area contributed by atoms with Crippen LogP contribution >= 0.6 is 23.2 Å². The van der Waals surface area contributed by atoms with Crippen molar-refractivity contribution < 1.29 is 14.3 Å². The van der Waals surface area contributed by atoms with Gasteiger partial charge in [-0.05, 0) is 29.7 Å². The van der Waals surface area contributed by atoms with Crippen molar-refractivity contribution in [2.24, 2.45) is 0 Å². The summed E-state index contributed by atoms with van der Waals surface area (Å²) in [6.45, 7) is 0.808. The van der Waals surface area contributed by atoms with E-state index >= 15 is 0 Å². The molecule has 0 saturated carbocycles. The monoisotopic (exact) mass is 363 g/mol. The number of amides is 1. The van der Waals surface area contributed by atoms with Gasteiger partial charge < -0.3 is 9.64 Å². The lowest BCUT2D eigenvalue weighted by Gasteiger charge is -2.28. The predicted molar refractivity (Wildman–Crippen MR) is 92.3 cm³/mol. The Morgan fingerprint density at radius 2 is 1.67 bits per heavy atom. The summed E-state index contributed by atoms with van der Waals surface area (Å²) in [7, 11) is 0. The number of benzene rings is 2. The number of esters is 1. The van der Waals surface area contributed by atoms with Gasteiger partial charge in [-0.2, -0.15) is 0 Å². The number of rotatable bonds is 3. The number of carbonyl (C=O) groups is 2. The van der Waals surface area contributed by atoms with Crippen LogP contribution in [0.4, 0.5) is 0 Å². The summed E-state index contributed by atoms with van der Waals surface area (Å²) in [6, 6.07) is 12.7. The smallest absolute Gasteiger partial charge is 0.341 e. The van der Waals surface area contributed by atoms with Crippen molar-refractivity contribution in [2.75, 3.05) is 13.2 Å². The molecule has 4 nitrogen and oxygen atoms in total. The summed E-state index contributed by atoms with van der Waals surface area (Å²) < 4.78 is 5.09. The number of nitrogens with zero attached hydrogens (tertiary/aromatic N) is 1. The summed E-state index contributed by atoms with van der Waals surface area (Å²) in [5.74, 6) is -0.933. The molecule has 0 aromatic heterocycles. The van der Waals surface area contributed by atoms with Crippen LogP contribution in [-0.2, 0) is 22.5 Å². The molecule has 1 amide bonds. The van der Waals surface area contributed by atoms with Gasteiger partial charge in [-0.25, -0.2) is 4.79 Å². The summed E-state index contributed by atoms with van der Waals surface area (Å²) in [5.41, 5.74) is 2.46. The minimum Gasteiger partial charge on any atom is -0.452 e. The molecule has 0 aliphatic carbocycles. The van der Waals surface area contributed by atoms with Crippen molar-refractivity contribution >= 4 is 35.1 Å². The molecule has 1 aliphatic rings. The molecule has 0 atom stereocenters. The van der Waals surface area contributed by atoms with Gasteiger partial charge in [0.1, 0.15) is 0 Å². The average Bonchev–Trinajstić information content (AvgIpc) is 2.59. The van der Waals surface area contributed by atoms with E-state index in [1.165, 1.54) is 5.56 Å². The number of fused-ring (bicyclic) bond motifs is 1. The maximum atomic E-state index is 12.3. The Balaban J connectivity index is 1.61. The zero-order valence-electron chi connectivity index (χ0n) is 12.8. The van der Waals surface area contributed by atoms with Gasteiger partial charge in [0.2, 0.25) is 0 Å². The number of hydrogen-bond donors (Lipinski definition) is 0. The minimum atomic E-state index is -0.698. The van der Waals surface area contributed by atoms with Crippen LogP contribution in [0.1, 0.15) is 21.5 Å². The molecule has 0 spiro atoms. The number of hydrogen-bond acceptors (Lipinski definition) is 3. The Kier molecular flexibility index (Phi) is 5.07. The summed E-state index contributed by atoms with van der Waals surface area (Å²) in [5, 5.41) is 0.402. The third kappa shape index (κ3) is 3.55. The van der Waals surface area contributed by atoms with E-state index < -0.39 is 5.97 Å². The van der Waals surface area contributed by atoms with Gasteiger partial charge in [-0.1, -0.05) is 53.5 Å². The van der Waals surface area contributed by atoms with E-state index in [1.54, 1.807) is 23.1 Å². The van der Waals surface area contributed by atoms with Crippen molar-refractivity contribution in [2.45, 2.75) is 13.0 Å². The fourth-order valence-electron chi connectivity index (χ4n) is 2.69. The molecule has 6 heteroatoms. The number of carbonyl (C=O) groups excluding carboxylic acids is 2. The van der Waals surface area contributed by atoms with E-state index in [4.69, 9.17) is 27.9 Å². The fraction of sp³-hybridized carbons (Fsp3) is 0.222. The molecular weight excluding hydrogens is 349 g/mol. The molecule has 124 valence electrons. The van der Waals surface area contributed by atoms with Gasteiger partial charge in [0, 0.05) is 13.1 Å². The molecule has 0 N–H and O–H groups in total. The second-order valence-corrected chi connectivity index (χ2v) is 6.32. The van der Waals surface area contributed by atoms with Crippen LogP contribution in [-0.4, -0.2) is 29.9 Å². The quantitative estimate of drug-likeness (QED) is 0.780. The van der Waals surface area contributed by atoms with Crippen LogP contribution in [0.3, 0.4) is 0 Å². The van der Waals surface area contributed by atoms with Gasteiger partial charge in [0.25, 0.3) is 5.91 Å². The molecule has 24 heavy (non-hydrogen) atoms. The van der Waals surface area contributed by atoms with Crippen LogP contribution in [0, 0.1) is 0 Å². The van der Waals surface area contributed by atoms with Crippen LogP contribution in [0.5, 0.6) is 0 Å². The summed E-state index contributed by atoms with van der Waals surface area (Å²) in [4.78, 5) is 26.1. The maximum Gasteiger partial charge on any atom is 0.341 e. The molecule has 2 aromatic carbocycles. The lowest BCUT2D eigenvalue weighted by molar-refractivity contribution is -0.135. The zero-order valence-corrected chi connectivity index (χ0v) is 14.3. The highest BCUT2D eigenvalue weighted by molar-refractivity contribution is 6.39. The first kappa shape index (κ1) is 16.8. The molecule has 1 heterocycles. The summed E-state index contributed by atoms with van der Waals surface area (Å²) >= 11 is 11.9. The van der Waals surface area contributed by atoms with Gasteiger partial charge in [0.05, 0.1) is 15.6 Å². The first-order chi connectivity index (χ1) is 11.6. The maximum absolute atomic E-state index is 12.3. The lowest BCUT2D eigenvalue weighted by Crippen LogP contribution is -2.38. The van der Waals surface area contributed by atoms with Crippen LogP contribution in [0.2, 0.25) is 10.0 Å². The molecular formula is C18H15Cl2NO3. The third-order valence-corrected chi connectivity index (χ3v) is 4.61. The van der Waals surface area contributed by atoms with Crippen molar-refractivity contribution in [1.29, 1.82) is 0 Å². The highest BCUT2D eigenvalue weighted by Gasteiger charge is 2.23. The second-order valence-electron chi connectivity index (χ2n) is 5.51. The second kappa shape index (κ2) is 7.24. The normalized spacial score (nSPS) is 13.3. The number of halogens is 2. The number of ether oxygens (including phenoxy) is 1. The lowest BCUT2D eigenvalue weighted by atomic mass is 10.00. The first-order valence-corrected chi connectivity index (χ1v) is 8.27. The van der Waals surface area contributed by atoms with E-state index in [1.807, 2.05) is 18.2 Å². The average molecular weight is 364 g/mol. The van der Waals surface area contributed by atoms with Crippen molar-refractivity contribution in [1.82, 2.24) is 4.90 Å². The Morgan fingerprint density at radius 1 is 1.00 bits per heavy atom. The molecule has 0 unspecified atom stereocenters. The fourth-order valence-corrected chi connectivity index (χ4v) is 3.24. The summed E-state index contributed by atoms with van der Waals surface area (Å²) in [6.07, 6.45) is 0.798. The molecule has 3 rings (SSSR count). The Hall–Kier alpha value is -2.04. The topological polar surface area (TPSA) is 46.6 Å². The van der Waals surface area contributed by atoms with Crippen LogP contribution < -0.4 is 0 Å². The van der Waals surface area contributed by atoms with Crippen LogP contribution in [0.15, 0.2) is 42.5 Å². The van der Waals surface area contributed by atoms with Crippen molar-refractivity contribution in [3.05, 3.63) is 69.2 Å². The first-order valence-electron chi connectivity index (χ1n) is 7.52.